The summed E-state index contributed by atoms with van der Waals surface area (Å²) in [5.41, 5.74) is 1.16. The van der Waals surface area contributed by atoms with Gasteiger partial charge in [-0.1, -0.05) is 49.6 Å². The summed E-state index contributed by atoms with van der Waals surface area (Å²) in [6.45, 7) is 4.61. The number of fused-ring (bicyclic) bond motifs is 1. The Balaban J connectivity index is 1.92. The number of halogens is 1. The first-order valence-corrected chi connectivity index (χ1v) is 11.5. The Morgan fingerprint density at radius 3 is 2.58 bits per heavy atom. The number of amides is 1. The number of benzene rings is 2. The maximum atomic E-state index is 13.6. The summed E-state index contributed by atoms with van der Waals surface area (Å²) in [6.07, 6.45) is 4.76. The summed E-state index contributed by atoms with van der Waals surface area (Å²) in [6, 6.07) is 14.3. The Hall–Kier alpha value is -2.66. The molecule has 1 aromatic heterocycles. The van der Waals surface area contributed by atoms with E-state index in [9.17, 15) is 9.59 Å². The van der Waals surface area contributed by atoms with Crippen LogP contribution in [-0.4, -0.2) is 26.9 Å². The molecular weight excluding hydrogens is 410 g/mol. The molecule has 2 aromatic carbocycles. The van der Waals surface area contributed by atoms with Crippen LogP contribution in [-0.2, 0) is 4.79 Å². The summed E-state index contributed by atoms with van der Waals surface area (Å²) in [7, 11) is 0. The fraction of sp³-hybridized carbons (Fsp3) is 0.400. The zero-order valence-electron chi connectivity index (χ0n) is 18.1. The molecular formula is C25H28ClN3O2. The first kappa shape index (κ1) is 21.6. The summed E-state index contributed by atoms with van der Waals surface area (Å²) >= 11 is 6.26. The SMILES string of the molecule is CCC(c1nc2ccccc2c(=O)n1-c1cccc(Cl)c1)N(CC)C(=O)C1CCCC1. The van der Waals surface area contributed by atoms with E-state index in [4.69, 9.17) is 16.6 Å². The summed E-state index contributed by atoms with van der Waals surface area (Å²) in [4.78, 5) is 33.8. The molecule has 0 aliphatic heterocycles. The predicted molar refractivity (Wildman–Crippen MR) is 125 cm³/mol. The topological polar surface area (TPSA) is 55.2 Å². The molecule has 0 radical (unpaired) electrons. The Labute approximate surface area is 187 Å². The first-order chi connectivity index (χ1) is 15.0. The molecule has 31 heavy (non-hydrogen) atoms. The van der Waals surface area contributed by atoms with Crippen LogP contribution in [0, 0.1) is 5.92 Å². The second kappa shape index (κ2) is 9.23. The van der Waals surface area contributed by atoms with Crippen molar-refractivity contribution in [2.24, 2.45) is 5.92 Å². The van der Waals surface area contributed by atoms with E-state index in [-0.39, 0.29) is 23.4 Å². The standard InChI is InChI=1S/C25H28ClN3O2/c1-3-22(28(4-2)24(30)17-10-5-6-11-17)23-27-21-15-8-7-14-20(21)25(31)29(23)19-13-9-12-18(26)16-19/h7-9,12-17,22H,3-6,10-11H2,1-2H3. The minimum absolute atomic E-state index is 0.0702. The van der Waals surface area contributed by atoms with Gasteiger partial charge in [0.2, 0.25) is 5.91 Å². The van der Waals surface area contributed by atoms with Gasteiger partial charge in [0.25, 0.3) is 5.56 Å². The van der Waals surface area contributed by atoms with Crippen molar-refractivity contribution in [2.75, 3.05) is 6.54 Å². The number of rotatable bonds is 6. The van der Waals surface area contributed by atoms with E-state index in [0.717, 1.165) is 25.7 Å². The molecule has 1 amide bonds. The second-order valence-electron chi connectivity index (χ2n) is 8.14. The van der Waals surface area contributed by atoms with Crippen LogP contribution in [0.3, 0.4) is 0 Å². The van der Waals surface area contributed by atoms with Gasteiger partial charge in [-0.05, 0) is 56.5 Å². The fourth-order valence-corrected chi connectivity index (χ4v) is 4.90. The van der Waals surface area contributed by atoms with Crippen LogP contribution in [0.2, 0.25) is 5.02 Å². The van der Waals surface area contributed by atoms with Gasteiger partial charge < -0.3 is 4.90 Å². The predicted octanol–water partition coefficient (Wildman–Crippen LogP) is 5.53. The third-order valence-corrected chi connectivity index (χ3v) is 6.49. The number of hydrogen-bond donors (Lipinski definition) is 0. The van der Waals surface area contributed by atoms with Crippen molar-refractivity contribution in [1.82, 2.24) is 14.5 Å². The third-order valence-electron chi connectivity index (χ3n) is 6.26. The Kier molecular flexibility index (Phi) is 6.42. The average Bonchev–Trinajstić information content (AvgIpc) is 3.32. The van der Waals surface area contributed by atoms with Gasteiger partial charge in [-0.25, -0.2) is 4.98 Å². The normalized spacial score (nSPS) is 15.3. The van der Waals surface area contributed by atoms with E-state index in [1.807, 2.05) is 49.1 Å². The lowest BCUT2D eigenvalue weighted by Crippen LogP contribution is -2.41. The summed E-state index contributed by atoms with van der Waals surface area (Å²) in [5, 5.41) is 1.09. The molecule has 3 aromatic rings. The molecule has 1 fully saturated rings. The highest BCUT2D eigenvalue weighted by Gasteiger charge is 2.33. The lowest BCUT2D eigenvalue weighted by atomic mass is 10.0. The molecule has 1 aliphatic carbocycles. The van der Waals surface area contributed by atoms with Gasteiger partial charge in [0.15, 0.2) is 0 Å². The van der Waals surface area contributed by atoms with Crippen molar-refractivity contribution >= 4 is 28.4 Å². The average molecular weight is 438 g/mol. The molecule has 162 valence electrons. The maximum Gasteiger partial charge on any atom is 0.266 e. The van der Waals surface area contributed by atoms with E-state index in [0.29, 0.717) is 40.4 Å². The fourth-order valence-electron chi connectivity index (χ4n) is 4.72. The van der Waals surface area contributed by atoms with E-state index in [1.165, 1.54) is 0 Å². The van der Waals surface area contributed by atoms with E-state index >= 15 is 0 Å². The molecule has 1 heterocycles. The Morgan fingerprint density at radius 1 is 1.16 bits per heavy atom. The minimum Gasteiger partial charge on any atom is -0.333 e. The van der Waals surface area contributed by atoms with Crippen LogP contribution in [0.5, 0.6) is 0 Å². The van der Waals surface area contributed by atoms with Gasteiger partial charge in [0, 0.05) is 17.5 Å². The first-order valence-electron chi connectivity index (χ1n) is 11.1. The number of para-hydroxylation sites is 1. The zero-order valence-corrected chi connectivity index (χ0v) is 18.8. The van der Waals surface area contributed by atoms with Crippen molar-refractivity contribution in [1.29, 1.82) is 0 Å². The van der Waals surface area contributed by atoms with Gasteiger partial charge in [-0.15, -0.1) is 0 Å². The molecule has 0 saturated heterocycles. The van der Waals surface area contributed by atoms with Gasteiger partial charge in [0.1, 0.15) is 5.82 Å². The highest BCUT2D eigenvalue weighted by Crippen LogP contribution is 2.32. The van der Waals surface area contributed by atoms with Crippen molar-refractivity contribution in [3.8, 4) is 5.69 Å². The van der Waals surface area contributed by atoms with Gasteiger partial charge in [0.05, 0.1) is 22.6 Å². The van der Waals surface area contributed by atoms with E-state index in [1.54, 1.807) is 22.8 Å². The molecule has 6 heteroatoms. The quantitative estimate of drug-likeness (QED) is 0.509. The van der Waals surface area contributed by atoms with Crippen LogP contribution in [0.4, 0.5) is 0 Å². The molecule has 1 unspecified atom stereocenters. The minimum atomic E-state index is -0.297. The van der Waals surface area contributed by atoms with Crippen LogP contribution in [0.15, 0.2) is 53.3 Å². The lowest BCUT2D eigenvalue weighted by molar-refractivity contribution is -0.138. The molecule has 1 atom stereocenters. The number of carbonyl (C=O) groups excluding carboxylic acids is 1. The molecule has 0 bridgehead atoms. The van der Waals surface area contributed by atoms with Crippen molar-refractivity contribution in [2.45, 2.75) is 52.0 Å². The van der Waals surface area contributed by atoms with Crippen molar-refractivity contribution in [3.05, 3.63) is 69.7 Å². The second-order valence-corrected chi connectivity index (χ2v) is 8.57. The number of aromatic nitrogens is 2. The molecule has 1 aliphatic rings. The lowest BCUT2D eigenvalue weighted by Gasteiger charge is -2.33. The van der Waals surface area contributed by atoms with Crippen LogP contribution < -0.4 is 5.56 Å². The molecule has 5 nitrogen and oxygen atoms in total. The van der Waals surface area contributed by atoms with Crippen molar-refractivity contribution < 1.29 is 4.79 Å². The number of carbonyl (C=O) groups is 1. The largest absolute Gasteiger partial charge is 0.333 e. The third kappa shape index (κ3) is 4.11. The highest BCUT2D eigenvalue weighted by atomic mass is 35.5. The van der Waals surface area contributed by atoms with Crippen LogP contribution in [0.1, 0.15) is 57.8 Å². The van der Waals surface area contributed by atoms with Gasteiger partial charge in [-0.3, -0.25) is 14.2 Å². The van der Waals surface area contributed by atoms with E-state index in [2.05, 4.69) is 0 Å². The molecule has 4 rings (SSSR count). The zero-order chi connectivity index (χ0) is 22.0. The van der Waals surface area contributed by atoms with Gasteiger partial charge >= 0.3 is 0 Å². The Morgan fingerprint density at radius 2 is 1.90 bits per heavy atom. The summed E-state index contributed by atoms with van der Waals surface area (Å²) < 4.78 is 1.63. The highest BCUT2D eigenvalue weighted by molar-refractivity contribution is 6.30. The maximum absolute atomic E-state index is 13.6. The van der Waals surface area contributed by atoms with Crippen LogP contribution >= 0.6 is 11.6 Å². The number of nitrogens with zero attached hydrogens (tertiary/aromatic N) is 3. The number of hydrogen-bond acceptors (Lipinski definition) is 3. The molecule has 0 N–H and O–H groups in total. The smallest absolute Gasteiger partial charge is 0.266 e. The van der Waals surface area contributed by atoms with Crippen LogP contribution in [0.25, 0.3) is 16.6 Å². The van der Waals surface area contributed by atoms with E-state index < -0.39 is 0 Å². The summed E-state index contributed by atoms with van der Waals surface area (Å²) in [5.74, 6) is 0.828. The molecule has 0 spiro atoms. The Bertz CT molecular complexity index is 1150. The van der Waals surface area contributed by atoms with Crippen molar-refractivity contribution in [3.63, 3.8) is 0 Å². The van der Waals surface area contributed by atoms with Gasteiger partial charge in [-0.2, -0.15) is 0 Å². The molecule has 1 saturated carbocycles. The monoisotopic (exact) mass is 437 g/mol.